The Kier molecular flexibility index (Phi) is 3.85. The van der Waals surface area contributed by atoms with Crippen LogP contribution in [0.25, 0.3) is 11.4 Å². The van der Waals surface area contributed by atoms with Crippen LogP contribution in [0.2, 0.25) is 0 Å². The summed E-state index contributed by atoms with van der Waals surface area (Å²) in [6, 6.07) is 3.70. The van der Waals surface area contributed by atoms with Crippen LogP contribution in [0.3, 0.4) is 0 Å². The first-order valence-electron chi connectivity index (χ1n) is 6.41. The molecule has 0 aliphatic carbocycles. The monoisotopic (exact) mass is 261 g/mol. The minimum Gasteiger partial charge on any atom is -0.507 e. The first-order valence-corrected chi connectivity index (χ1v) is 6.41. The summed E-state index contributed by atoms with van der Waals surface area (Å²) in [4.78, 5) is 4.39. The number of aromatic nitrogens is 2. The summed E-state index contributed by atoms with van der Waals surface area (Å²) in [5.41, 5.74) is 8.11. The van der Waals surface area contributed by atoms with E-state index in [0.29, 0.717) is 24.0 Å². The van der Waals surface area contributed by atoms with Crippen molar-refractivity contribution in [1.29, 1.82) is 0 Å². The highest BCUT2D eigenvalue weighted by atomic mass is 16.5. The zero-order valence-corrected chi connectivity index (χ0v) is 11.5. The van der Waals surface area contributed by atoms with Gasteiger partial charge in [-0.25, -0.2) is 0 Å². The average Bonchev–Trinajstić information content (AvgIpc) is 2.86. The van der Waals surface area contributed by atoms with E-state index >= 15 is 0 Å². The Morgan fingerprint density at radius 2 is 1.95 bits per heavy atom. The second-order valence-electron chi connectivity index (χ2n) is 4.76. The van der Waals surface area contributed by atoms with E-state index in [1.165, 1.54) is 0 Å². The number of phenolic OH excluding ortho intramolecular Hbond substituents is 1. The third-order valence-corrected chi connectivity index (χ3v) is 3.32. The lowest BCUT2D eigenvalue weighted by atomic mass is 10.1. The lowest BCUT2D eigenvalue weighted by Crippen LogP contribution is -2.11. The van der Waals surface area contributed by atoms with E-state index in [1.807, 2.05) is 32.9 Å². The Hall–Kier alpha value is -1.88. The van der Waals surface area contributed by atoms with Gasteiger partial charge in [-0.05, 0) is 43.5 Å². The van der Waals surface area contributed by atoms with Crippen LogP contribution in [-0.4, -0.2) is 21.8 Å². The second-order valence-corrected chi connectivity index (χ2v) is 4.76. The highest BCUT2D eigenvalue weighted by molar-refractivity contribution is 5.60. The Bertz CT molecular complexity index is 551. The van der Waals surface area contributed by atoms with Gasteiger partial charge < -0.3 is 15.4 Å². The van der Waals surface area contributed by atoms with Gasteiger partial charge in [0.15, 0.2) is 0 Å². The van der Waals surface area contributed by atoms with E-state index in [1.54, 1.807) is 0 Å². The van der Waals surface area contributed by atoms with Crippen LogP contribution in [0.4, 0.5) is 0 Å². The predicted molar refractivity (Wildman–Crippen MR) is 73.0 cm³/mol. The Morgan fingerprint density at radius 3 is 2.47 bits per heavy atom. The molecule has 0 radical (unpaired) electrons. The summed E-state index contributed by atoms with van der Waals surface area (Å²) in [5, 5.41) is 13.8. The molecule has 0 aliphatic rings. The van der Waals surface area contributed by atoms with Gasteiger partial charge in [0.25, 0.3) is 0 Å². The van der Waals surface area contributed by atoms with Crippen molar-refractivity contribution in [2.45, 2.75) is 33.1 Å². The number of phenols is 1. The summed E-state index contributed by atoms with van der Waals surface area (Å²) in [6.45, 7) is 6.23. The van der Waals surface area contributed by atoms with Gasteiger partial charge in [0.2, 0.25) is 11.7 Å². The molecule has 0 spiro atoms. The summed E-state index contributed by atoms with van der Waals surface area (Å²) >= 11 is 0. The molecule has 0 saturated carbocycles. The average molecular weight is 261 g/mol. The first-order chi connectivity index (χ1) is 9.06. The molecule has 1 atom stereocenters. The van der Waals surface area contributed by atoms with Crippen molar-refractivity contribution < 1.29 is 9.63 Å². The molecule has 0 bridgehead atoms. The molecule has 19 heavy (non-hydrogen) atoms. The van der Waals surface area contributed by atoms with Gasteiger partial charge in [-0.15, -0.1) is 0 Å². The van der Waals surface area contributed by atoms with Gasteiger partial charge in [-0.3, -0.25) is 0 Å². The van der Waals surface area contributed by atoms with Gasteiger partial charge >= 0.3 is 0 Å². The molecule has 2 aromatic rings. The summed E-state index contributed by atoms with van der Waals surface area (Å²) in [5.74, 6) is 1.51. The van der Waals surface area contributed by atoms with Crippen LogP contribution in [0.5, 0.6) is 5.75 Å². The number of nitrogens with two attached hydrogens (primary N) is 1. The Morgan fingerprint density at radius 1 is 1.32 bits per heavy atom. The quantitative estimate of drug-likeness (QED) is 0.883. The van der Waals surface area contributed by atoms with E-state index in [2.05, 4.69) is 10.1 Å². The zero-order chi connectivity index (χ0) is 14.0. The van der Waals surface area contributed by atoms with Crippen molar-refractivity contribution in [3.8, 4) is 17.1 Å². The first kappa shape index (κ1) is 13.5. The summed E-state index contributed by atoms with van der Waals surface area (Å²) in [6.07, 6.45) is 0.867. The highest BCUT2D eigenvalue weighted by Crippen LogP contribution is 2.28. The Labute approximate surface area is 112 Å². The smallest absolute Gasteiger partial charge is 0.231 e. The van der Waals surface area contributed by atoms with Crippen molar-refractivity contribution in [3.63, 3.8) is 0 Å². The molecule has 1 aromatic heterocycles. The standard InChI is InChI=1S/C14H19N3O2/c1-4-10(7-15)14-16-13(17-19-14)11-5-8(2)12(18)9(3)6-11/h5-6,10,18H,4,7,15H2,1-3H3. The fourth-order valence-corrected chi connectivity index (χ4v) is 2.05. The fourth-order valence-electron chi connectivity index (χ4n) is 2.05. The number of aromatic hydroxyl groups is 1. The molecule has 2 rings (SSSR count). The molecule has 0 saturated heterocycles. The Balaban J connectivity index is 2.38. The van der Waals surface area contributed by atoms with Crippen LogP contribution >= 0.6 is 0 Å². The van der Waals surface area contributed by atoms with E-state index in [0.717, 1.165) is 23.1 Å². The van der Waals surface area contributed by atoms with Crippen LogP contribution in [0, 0.1) is 13.8 Å². The maximum absolute atomic E-state index is 9.77. The van der Waals surface area contributed by atoms with Crippen molar-refractivity contribution in [1.82, 2.24) is 10.1 Å². The molecule has 0 amide bonds. The fraction of sp³-hybridized carbons (Fsp3) is 0.429. The van der Waals surface area contributed by atoms with Gasteiger partial charge in [0, 0.05) is 12.1 Å². The molecule has 0 fully saturated rings. The van der Waals surface area contributed by atoms with E-state index in [9.17, 15) is 5.11 Å². The van der Waals surface area contributed by atoms with Crippen molar-refractivity contribution in [2.75, 3.05) is 6.54 Å². The van der Waals surface area contributed by atoms with Crippen LogP contribution in [0.1, 0.15) is 36.3 Å². The van der Waals surface area contributed by atoms with E-state index in [-0.39, 0.29) is 5.92 Å². The third kappa shape index (κ3) is 2.61. The largest absolute Gasteiger partial charge is 0.507 e. The maximum atomic E-state index is 9.77. The van der Waals surface area contributed by atoms with Gasteiger partial charge in [0.05, 0.1) is 5.92 Å². The van der Waals surface area contributed by atoms with Crippen molar-refractivity contribution in [3.05, 3.63) is 29.2 Å². The topological polar surface area (TPSA) is 85.2 Å². The lowest BCUT2D eigenvalue weighted by Gasteiger charge is -2.05. The molecule has 0 aliphatic heterocycles. The molecule has 5 nitrogen and oxygen atoms in total. The molecule has 102 valence electrons. The van der Waals surface area contributed by atoms with E-state index < -0.39 is 0 Å². The zero-order valence-electron chi connectivity index (χ0n) is 11.5. The number of hydrogen-bond donors (Lipinski definition) is 2. The normalized spacial score (nSPS) is 12.6. The molecule has 1 aromatic carbocycles. The van der Waals surface area contributed by atoms with E-state index in [4.69, 9.17) is 10.3 Å². The second kappa shape index (κ2) is 5.40. The van der Waals surface area contributed by atoms with Crippen LogP contribution < -0.4 is 5.73 Å². The van der Waals surface area contributed by atoms with Gasteiger partial charge in [-0.1, -0.05) is 12.1 Å². The number of benzene rings is 1. The number of aryl methyl sites for hydroxylation is 2. The number of nitrogens with zero attached hydrogens (tertiary/aromatic N) is 2. The highest BCUT2D eigenvalue weighted by Gasteiger charge is 2.17. The van der Waals surface area contributed by atoms with Crippen molar-refractivity contribution in [2.24, 2.45) is 5.73 Å². The van der Waals surface area contributed by atoms with Crippen molar-refractivity contribution >= 4 is 0 Å². The summed E-state index contributed by atoms with van der Waals surface area (Å²) < 4.78 is 5.27. The number of hydrogen-bond acceptors (Lipinski definition) is 5. The minimum atomic E-state index is 0.0977. The molecule has 5 heteroatoms. The van der Waals surface area contributed by atoms with Gasteiger partial charge in [0.1, 0.15) is 5.75 Å². The van der Waals surface area contributed by atoms with Crippen LogP contribution in [0.15, 0.2) is 16.7 Å². The SMILES string of the molecule is CCC(CN)c1nc(-c2cc(C)c(O)c(C)c2)no1. The molecule has 1 unspecified atom stereocenters. The summed E-state index contributed by atoms with van der Waals surface area (Å²) in [7, 11) is 0. The maximum Gasteiger partial charge on any atom is 0.231 e. The van der Waals surface area contributed by atoms with Crippen LogP contribution in [-0.2, 0) is 0 Å². The predicted octanol–water partition coefficient (Wildman–Crippen LogP) is 2.51. The molecule has 3 N–H and O–H groups in total. The molecule has 1 heterocycles. The molecular formula is C14H19N3O2. The number of rotatable bonds is 4. The minimum absolute atomic E-state index is 0.0977. The molecular weight excluding hydrogens is 242 g/mol. The van der Waals surface area contributed by atoms with Gasteiger partial charge in [-0.2, -0.15) is 4.98 Å². The lowest BCUT2D eigenvalue weighted by molar-refractivity contribution is 0.351. The third-order valence-electron chi connectivity index (χ3n) is 3.32.